The van der Waals surface area contributed by atoms with Gasteiger partial charge < -0.3 is 16.4 Å². The van der Waals surface area contributed by atoms with E-state index in [1.165, 1.54) is 0 Å². The van der Waals surface area contributed by atoms with E-state index in [1.807, 2.05) is 26.0 Å². The molecule has 0 radical (unpaired) electrons. The molecule has 4 N–H and O–H groups in total. The molecule has 0 bridgehead atoms. The van der Waals surface area contributed by atoms with Crippen molar-refractivity contribution in [2.75, 3.05) is 11.1 Å². The number of hydrogen-bond acceptors (Lipinski definition) is 2. The van der Waals surface area contributed by atoms with Crippen LogP contribution < -0.4 is 16.4 Å². The van der Waals surface area contributed by atoms with Crippen molar-refractivity contribution >= 4 is 17.4 Å². The lowest BCUT2D eigenvalue weighted by Gasteiger charge is -2.33. The van der Waals surface area contributed by atoms with E-state index >= 15 is 0 Å². The number of anilines is 2. The molecule has 19 heavy (non-hydrogen) atoms. The van der Waals surface area contributed by atoms with Gasteiger partial charge in [-0.3, -0.25) is 0 Å². The van der Waals surface area contributed by atoms with Crippen LogP contribution in [0.3, 0.4) is 0 Å². The van der Waals surface area contributed by atoms with Gasteiger partial charge in [0, 0.05) is 16.9 Å². The summed E-state index contributed by atoms with van der Waals surface area (Å²) < 4.78 is 0. The molecule has 4 heteroatoms. The molecule has 1 rings (SSSR count). The van der Waals surface area contributed by atoms with Crippen LogP contribution in [0, 0.1) is 5.41 Å². The number of hydrogen-bond donors (Lipinski definition) is 3. The smallest absolute Gasteiger partial charge is 0.319 e. The van der Waals surface area contributed by atoms with Crippen LogP contribution in [0.5, 0.6) is 0 Å². The average Bonchev–Trinajstić information content (AvgIpc) is 2.11. The van der Waals surface area contributed by atoms with E-state index in [9.17, 15) is 4.79 Å². The van der Waals surface area contributed by atoms with Gasteiger partial charge in [0.05, 0.1) is 0 Å². The van der Waals surface area contributed by atoms with Crippen molar-refractivity contribution < 1.29 is 4.79 Å². The van der Waals surface area contributed by atoms with Crippen LogP contribution in [-0.2, 0) is 0 Å². The zero-order valence-electron chi connectivity index (χ0n) is 12.5. The minimum absolute atomic E-state index is 0.161. The SMILES string of the molecule is CC(C)(C)CC(C)(C)NC(=O)Nc1cccc(N)c1. The standard InChI is InChI=1S/C15H25N3O/c1-14(2,3)10-15(4,5)18-13(19)17-12-8-6-7-11(16)9-12/h6-9H,10,16H2,1-5H3,(H2,17,18,19). The van der Waals surface area contributed by atoms with Gasteiger partial charge in [-0.05, 0) is 43.9 Å². The van der Waals surface area contributed by atoms with E-state index in [0.717, 1.165) is 6.42 Å². The van der Waals surface area contributed by atoms with Crippen LogP contribution in [0.4, 0.5) is 16.2 Å². The van der Waals surface area contributed by atoms with Crippen LogP contribution >= 0.6 is 0 Å². The molecule has 0 aliphatic heterocycles. The summed E-state index contributed by atoms with van der Waals surface area (Å²) in [7, 11) is 0. The third kappa shape index (κ3) is 6.13. The fourth-order valence-electron chi connectivity index (χ4n) is 2.46. The average molecular weight is 263 g/mol. The highest BCUT2D eigenvalue weighted by Crippen LogP contribution is 2.26. The monoisotopic (exact) mass is 263 g/mol. The largest absolute Gasteiger partial charge is 0.399 e. The molecule has 0 aliphatic carbocycles. The number of carbonyl (C=O) groups is 1. The van der Waals surface area contributed by atoms with E-state index in [-0.39, 0.29) is 17.0 Å². The van der Waals surface area contributed by atoms with E-state index in [4.69, 9.17) is 5.73 Å². The number of nitrogens with one attached hydrogen (secondary N) is 2. The Hall–Kier alpha value is -1.71. The first-order valence-electron chi connectivity index (χ1n) is 6.52. The summed E-state index contributed by atoms with van der Waals surface area (Å²) in [6, 6.07) is 6.93. The second-order valence-electron chi connectivity index (χ2n) is 6.83. The van der Waals surface area contributed by atoms with Gasteiger partial charge in [-0.1, -0.05) is 26.8 Å². The first kappa shape index (κ1) is 15.3. The van der Waals surface area contributed by atoms with Crippen molar-refractivity contribution in [3.8, 4) is 0 Å². The van der Waals surface area contributed by atoms with Crippen LogP contribution in [0.2, 0.25) is 0 Å². The molecule has 0 spiro atoms. The van der Waals surface area contributed by atoms with Crippen molar-refractivity contribution in [2.45, 2.75) is 46.6 Å². The lowest BCUT2D eigenvalue weighted by molar-refractivity contribution is 0.220. The van der Waals surface area contributed by atoms with Gasteiger partial charge in [-0.15, -0.1) is 0 Å². The van der Waals surface area contributed by atoms with Gasteiger partial charge in [0.2, 0.25) is 0 Å². The van der Waals surface area contributed by atoms with Gasteiger partial charge in [0.15, 0.2) is 0 Å². The molecular weight excluding hydrogens is 238 g/mol. The number of urea groups is 1. The molecule has 0 atom stereocenters. The van der Waals surface area contributed by atoms with Crippen LogP contribution in [0.15, 0.2) is 24.3 Å². The molecule has 0 heterocycles. The van der Waals surface area contributed by atoms with Crippen LogP contribution in [-0.4, -0.2) is 11.6 Å². The van der Waals surface area contributed by atoms with Crippen molar-refractivity contribution in [2.24, 2.45) is 5.41 Å². The van der Waals surface area contributed by atoms with Gasteiger partial charge in [0.25, 0.3) is 0 Å². The highest BCUT2D eigenvalue weighted by atomic mass is 16.2. The Balaban J connectivity index is 2.60. The molecule has 106 valence electrons. The van der Waals surface area contributed by atoms with E-state index < -0.39 is 0 Å². The van der Waals surface area contributed by atoms with Crippen LogP contribution in [0.1, 0.15) is 41.0 Å². The summed E-state index contributed by atoms with van der Waals surface area (Å²) in [5.74, 6) is 0. The summed E-state index contributed by atoms with van der Waals surface area (Å²) in [5.41, 5.74) is 6.90. The number of amides is 2. The highest BCUT2D eigenvalue weighted by molar-refractivity contribution is 5.90. The van der Waals surface area contributed by atoms with Gasteiger partial charge >= 0.3 is 6.03 Å². The van der Waals surface area contributed by atoms with E-state index in [0.29, 0.717) is 11.4 Å². The zero-order chi connectivity index (χ0) is 14.7. The lowest BCUT2D eigenvalue weighted by Crippen LogP contribution is -2.47. The minimum atomic E-state index is -0.261. The molecule has 2 amide bonds. The molecule has 0 aromatic heterocycles. The first-order chi connectivity index (χ1) is 8.57. The molecule has 1 aromatic rings. The molecule has 1 aromatic carbocycles. The Labute approximate surface area is 115 Å². The highest BCUT2D eigenvalue weighted by Gasteiger charge is 2.26. The Morgan fingerprint density at radius 1 is 1.21 bits per heavy atom. The predicted molar refractivity (Wildman–Crippen MR) is 81.2 cm³/mol. The second-order valence-corrected chi connectivity index (χ2v) is 6.83. The molecule has 0 unspecified atom stereocenters. The van der Waals surface area contributed by atoms with Crippen molar-refractivity contribution in [3.63, 3.8) is 0 Å². The molecule has 0 fully saturated rings. The van der Waals surface area contributed by atoms with Gasteiger partial charge in [-0.25, -0.2) is 4.79 Å². The van der Waals surface area contributed by atoms with Crippen LogP contribution in [0.25, 0.3) is 0 Å². The number of nitrogen functional groups attached to an aromatic ring is 1. The summed E-state index contributed by atoms with van der Waals surface area (Å²) in [4.78, 5) is 12.0. The van der Waals surface area contributed by atoms with E-state index in [2.05, 4.69) is 31.4 Å². The molecule has 0 saturated carbocycles. The summed E-state index contributed by atoms with van der Waals surface area (Å²) in [5, 5.41) is 5.78. The maximum atomic E-state index is 12.0. The fourth-order valence-corrected chi connectivity index (χ4v) is 2.46. The minimum Gasteiger partial charge on any atom is -0.399 e. The topological polar surface area (TPSA) is 67.2 Å². The van der Waals surface area contributed by atoms with Crippen molar-refractivity contribution in [1.82, 2.24) is 5.32 Å². The maximum absolute atomic E-state index is 12.0. The Kier molecular flexibility index (Phi) is 4.45. The lowest BCUT2D eigenvalue weighted by atomic mass is 9.82. The number of benzene rings is 1. The Morgan fingerprint density at radius 2 is 1.84 bits per heavy atom. The van der Waals surface area contributed by atoms with Gasteiger partial charge in [-0.2, -0.15) is 0 Å². The first-order valence-corrected chi connectivity index (χ1v) is 6.52. The maximum Gasteiger partial charge on any atom is 0.319 e. The predicted octanol–water partition coefficient (Wildman–Crippen LogP) is 3.61. The van der Waals surface area contributed by atoms with Gasteiger partial charge in [0.1, 0.15) is 0 Å². The molecule has 4 nitrogen and oxygen atoms in total. The summed E-state index contributed by atoms with van der Waals surface area (Å²) in [6.07, 6.45) is 0.893. The summed E-state index contributed by atoms with van der Waals surface area (Å²) in [6.45, 7) is 10.5. The number of nitrogens with two attached hydrogens (primary N) is 1. The third-order valence-electron chi connectivity index (χ3n) is 2.57. The quantitative estimate of drug-likeness (QED) is 0.729. The number of carbonyl (C=O) groups excluding carboxylic acids is 1. The Bertz CT molecular complexity index is 447. The molecule has 0 saturated heterocycles. The van der Waals surface area contributed by atoms with E-state index in [1.54, 1.807) is 12.1 Å². The third-order valence-corrected chi connectivity index (χ3v) is 2.57. The normalized spacial score (nSPS) is 12.1. The Morgan fingerprint density at radius 3 is 2.37 bits per heavy atom. The van der Waals surface area contributed by atoms with Crippen molar-refractivity contribution in [1.29, 1.82) is 0 Å². The molecule has 0 aliphatic rings. The fraction of sp³-hybridized carbons (Fsp3) is 0.533. The number of rotatable bonds is 3. The molecular formula is C15H25N3O. The van der Waals surface area contributed by atoms with Crippen molar-refractivity contribution in [3.05, 3.63) is 24.3 Å². The zero-order valence-corrected chi connectivity index (χ0v) is 12.5. The summed E-state index contributed by atoms with van der Waals surface area (Å²) >= 11 is 0. The second kappa shape index (κ2) is 5.51.